The summed E-state index contributed by atoms with van der Waals surface area (Å²) in [4.78, 5) is 12.8. The second kappa shape index (κ2) is 5.94. The molecule has 2 saturated carbocycles. The van der Waals surface area contributed by atoms with E-state index in [4.69, 9.17) is 5.73 Å². The summed E-state index contributed by atoms with van der Waals surface area (Å²) in [5, 5.41) is 3.32. The molecule has 1 aromatic carbocycles. The molecule has 0 bridgehead atoms. The minimum absolute atomic E-state index is 0.145. The zero-order valence-electron chi connectivity index (χ0n) is 13.9. The van der Waals surface area contributed by atoms with Crippen molar-refractivity contribution in [2.24, 2.45) is 17.6 Å². The van der Waals surface area contributed by atoms with Gasteiger partial charge in [0.05, 0.1) is 0 Å². The summed E-state index contributed by atoms with van der Waals surface area (Å²) in [6.07, 6.45) is 9.66. The molecule has 0 aromatic heterocycles. The third-order valence-electron chi connectivity index (χ3n) is 6.59. The van der Waals surface area contributed by atoms with E-state index in [-0.39, 0.29) is 23.3 Å². The summed E-state index contributed by atoms with van der Waals surface area (Å²) >= 11 is 0. The van der Waals surface area contributed by atoms with Crippen LogP contribution in [0.4, 0.5) is 0 Å². The lowest BCUT2D eigenvalue weighted by Gasteiger charge is -2.30. The summed E-state index contributed by atoms with van der Waals surface area (Å²) in [6, 6.07) is 8.86. The Labute approximate surface area is 139 Å². The van der Waals surface area contributed by atoms with Crippen LogP contribution in [0.5, 0.6) is 0 Å². The molecule has 4 rings (SSSR count). The van der Waals surface area contributed by atoms with Crippen molar-refractivity contribution in [3.8, 4) is 0 Å². The van der Waals surface area contributed by atoms with E-state index >= 15 is 0 Å². The maximum Gasteiger partial charge on any atom is 0.224 e. The minimum atomic E-state index is 0.145. The summed E-state index contributed by atoms with van der Waals surface area (Å²) in [5.41, 5.74) is 9.01. The van der Waals surface area contributed by atoms with Crippen molar-refractivity contribution in [2.45, 2.75) is 62.8 Å². The van der Waals surface area contributed by atoms with E-state index in [1.807, 2.05) is 0 Å². The number of hydrogen-bond acceptors (Lipinski definition) is 2. The van der Waals surface area contributed by atoms with Crippen molar-refractivity contribution in [1.82, 2.24) is 5.32 Å². The second-order valence-corrected chi connectivity index (χ2v) is 7.82. The fourth-order valence-electron chi connectivity index (χ4n) is 5.13. The van der Waals surface area contributed by atoms with Gasteiger partial charge in [-0.15, -0.1) is 0 Å². The third kappa shape index (κ3) is 2.59. The highest BCUT2D eigenvalue weighted by Crippen LogP contribution is 2.61. The third-order valence-corrected chi connectivity index (χ3v) is 6.59. The molecular weight excluding hydrogens is 284 g/mol. The van der Waals surface area contributed by atoms with Gasteiger partial charge in [0.15, 0.2) is 0 Å². The van der Waals surface area contributed by atoms with Crippen LogP contribution in [-0.2, 0) is 16.6 Å². The first-order chi connectivity index (χ1) is 11.2. The molecule has 0 aliphatic heterocycles. The molecule has 3 aliphatic rings. The average molecular weight is 312 g/mol. The van der Waals surface area contributed by atoms with Crippen LogP contribution < -0.4 is 11.1 Å². The van der Waals surface area contributed by atoms with Crippen LogP contribution in [0.2, 0.25) is 0 Å². The molecule has 1 spiro atoms. The lowest BCUT2D eigenvalue weighted by atomic mass is 9.83. The number of benzene rings is 1. The predicted molar refractivity (Wildman–Crippen MR) is 92.1 cm³/mol. The molecule has 3 unspecified atom stereocenters. The molecule has 0 saturated heterocycles. The standard InChI is InChI=1S/C20H28N2O/c21-13-18(15-7-2-1-3-8-15)22-19(23)17-12-20(17)11-10-14-6-4-5-9-16(14)20/h4-6,9,15,17-18H,1-3,7-8,10-13,21H2,(H,22,23). The molecule has 23 heavy (non-hydrogen) atoms. The van der Waals surface area contributed by atoms with E-state index < -0.39 is 0 Å². The zero-order valence-corrected chi connectivity index (χ0v) is 13.9. The zero-order chi connectivity index (χ0) is 15.9. The van der Waals surface area contributed by atoms with E-state index in [1.165, 1.54) is 43.2 Å². The fourth-order valence-corrected chi connectivity index (χ4v) is 5.13. The number of nitrogens with two attached hydrogens (primary N) is 1. The minimum Gasteiger partial charge on any atom is -0.352 e. The van der Waals surface area contributed by atoms with E-state index in [0.29, 0.717) is 12.5 Å². The van der Waals surface area contributed by atoms with Gasteiger partial charge in [-0.05, 0) is 49.1 Å². The molecule has 3 heteroatoms. The van der Waals surface area contributed by atoms with E-state index in [2.05, 4.69) is 29.6 Å². The Bertz CT molecular complexity index is 593. The van der Waals surface area contributed by atoms with Crippen molar-refractivity contribution in [1.29, 1.82) is 0 Å². The maximum atomic E-state index is 12.8. The largest absolute Gasteiger partial charge is 0.352 e. The first-order valence-corrected chi connectivity index (χ1v) is 9.33. The number of amides is 1. The summed E-state index contributed by atoms with van der Waals surface area (Å²) in [7, 11) is 0. The van der Waals surface area contributed by atoms with Crippen LogP contribution >= 0.6 is 0 Å². The number of carbonyl (C=O) groups excluding carboxylic acids is 1. The lowest BCUT2D eigenvalue weighted by Crippen LogP contribution is -2.47. The Morgan fingerprint density at radius 2 is 2.04 bits per heavy atom. The molecule has 3 nitrogen and oxygen atoms in total. The molecule has 1 amide bonds. The van der Waals surface area contributed by atoms with Crippen molar-refractivity contribution >= 4 is 5.91 Å². The molecule has 3 aliphatic carbocycles. The predicted octanol–water partition coefficient (Wildman–Crippen LogP) is 2.91. The number of rotatable bonds is 4. The summed E-state index contributed by atoms with van der Waals surface area (Å²) in [5.74, 6) is 1.01. The Morgan fingerprint density at radius 3 is 2.83 bits per heavy atom. The molecule has 3 atom stereocenters. The Kier molecular flexibility index (Phi) is 3.92. The molecule has 1 aromatic rings. The smallest absolute Gasteiger partial charge is 0.224 e. The van der Waals surface area contributed by atoms with E-state index in [9.17, 15) is 4.79 Å². The number of nitrogens with one attached hydrogen (secondary N) is 1. The van der Waals surface area contributed by atoms with Crippen LogP contribution in [0.3, 0.4) is 0 Å². The Balaban J connectivity index is 1.43. The normalized spacial score (nSPS) is 30.9. The summed E-state index contributed by atoms with van der Waals surface area (Å²) in [6.45, 7) is 0.576. The highest BCUT2D eigenvalue weighted by molar-refractivity contribution is 5.85. The van der Waals surface area contributed by atoms with Gasteiger partial charge in [0.25, 0.3) is 0 Å². The first kappa shape index (κ1) is 15.2. The van der Waals surface area contributed by atoms with E-state index in [0.717, 1.165) is 19.3 Å². The fraction of sp³-hybridized carbons (Fsp3) is 0.650. The van der Waals surface area contributed by atoms with Crippen LogP contribution in [0.25, 0.3) is 0 Å². The topological polar surface area (TPSA) is 55.1 Å². The summed E-state index contributed by atoms with van der Waals surface area (Å²) < 4.78 is 0. The molecule has 124 valence electrons. The van der Waals surface area contributed by atoms with E-state index in [1.54, 1.807) is 0 Å². The second-order valence-electron chi connectivity index (χ2n) is 7.82. The molecule has 3 N–H and O–H groups in total. The highest BCUT2D eigenvalue weighted by atomic mass is 16.2. The van der Waals surface area contributed by atoms with Gasteiger partial charge >= 0.3 is 0 Å². The van der Waals surface area contributed by atoms with Gasteiger partial charge in [0.2, 0.25) is 5.91 Å². The lowest BCUT2D eigenvalue weighted by molar-refractivity contribution is -0.123. The van der Waals surface area contributed by atoms with Crippen LogP contribution in [-0.4, -0.2) is 18.5 Å². The van der Waals surface area contributed by atoms with Gasteiger partial charge in [-0.3, -0.25) is 4.79 Å². The molecule has 0 heterocycles. The molecule has 0 radical (unpaired) electrons. The van der Waals surface area contributed by atoms with Gasteiger partial charge < -0.3 is 11.1 Å². The quantitative estimate of drug-likeness (QED) is 0.898. The Morgan fingerprint density at radius 1 is 1.26 bits per heavy atom. The van der Waals surface area contributed by atoms with Crippen LogP contribution in [0.15, 0.2) is 24.3 Å². The van der Waals surface area contributed by atoms with Gasteiger partial charge in [-0.2, -0.15) is 0 Å². The van der Waals surface area contributed by atoms with Crippen molar-refractivity contribution in [2.75, 3.05) is 6.54 Å². The van der Waals surface area contributed by atoms with Gasteiger partial charge in [-0.25, -0.2) is 0 Å². The molecular formula is C20H28N2O. The monoisotopic (exact) mass is 312 g/mol. The number of fused-ring (bicyclic) bond motifs is 2. The average Bonchev–Trinajstić information content (AvgIpc) is 3.23. The van der Waals surface area contributed by atoms with Gasteiger partial charge in [0.1, 0.15) is 0 Å². The number of aryl methyl sites for hydroxylation is 1. The van der Waals surface area contributed by atoms with Crippen molar-refractivity contribution in [3.63, 3.8) is 0 Å². The number of carbonyl (C=O) groups is 1. The first-order valence-electron chi connectivity index (χ1n) is 9.33. The number of hydrogen-bond donors (Lipinski definition) is 2. The van der Waals surface area contributed by atoms with Crippen molar-refractivity contribution < 1.29 is 4.79 Å². The van der Waals surface area contributed by atoms with Crippen LogP contribution in [0.1, 0.15) is 56.1 Å². The SMILES string of the molecule is NCC(NC(=O)C1CC12CCc1ccccc12)C1CCCCC1. The maximum absolute atomic E-state index is 12.8. The molecule has 2 fully saturated rings. The van der Waals surface area contributed by atoms with Crippen molar-refractivity contribution in [3.05, 3.63) is 35.4 Å². The van der Waals surface area contributed by atoms with Crippen LogP contribution in [0, 0.1) is 11.8 Å². The Hall–Kier alpha value is -1.35. The van der Waals surface area contributed by atoms with Gasteiger partial charge in [-0.1, -0.05) is 43.5 Å². The highest BCUT2D eigenvalue weighted by Gasteiger charge is 2.61. The van der Waals surface area contributed by atoms with Gasteiger partial charge in [0, 0.05) is 23.9 Å².